The average Bonchev–Trinajstić information content (AvgIpc) is 2.57. The van der Waals surface area contributed by atoms with Crippen LogP contribution in [-0.4, -0.2) is 23.5 Å². The van der Waals surface area contributed by atoms with Crippen molar-refractivity contribution in [1.29, 1.82) is 0 Å². The zero-order chi connectivity index (χ0) is 17.5. The second kappa shape index (κ2) is 7.96. The summed E-state index contributed by atoms with van der Waals surface area (Å²) in [5, 5.41) is 13.5. The number of hydrogen-bond acceptors (Lipinski definition) is 5. The van der Waals surface area contributed by atoms with Gasteiger partial charge in [0.05, 0.1) is 23.3 Å². The molecular weight excluding hydrogens is 312 g/mol. The van der Waals surface area contributed by atoms with Crippen LogP contribution in [0.1, 0.15) is 13.8 Å². The molecule has 0 aliphatic carbocycles. The molecule has 1 amide bonds. The van der Waals surface area contributed by atoms with E-state index in [2.05, 4.69) is 5.32 Å². The molecule has 0 aliphatic rings. The van der Waals surface area contributed by atoms with Gasteiger partial charge >= 0.3 is 0 Å². The first-order valence-electron chi connectivity index (χ1n) is 7.45. The number of hydrogen-bond donors (Lipinski definition) is 1. The maximum absolute atomic E-state index is 12.3. The number of rotatable bonds is 7. The van der Waals surface area contributed by atoms with E-state index in [4.69, 9.17) is 9.47 Å². The van der Waals surface area contributed by atoms with E-state index in [0.717, 1.165) is 0 Å². The van der Waals surface area contributed by atoms with E-state index in [1.54, 1.807) is 31.2 Å². The molecule has 0 radical (unpaired) electrons. The quantitative estimate of drug-likeness (QED) is 0.620. The number of non-ortho nitro benzene ring substituents is 1. The number of para-hydroxylation sites is 2. The van der Waals surface area contributed by atoms with Crippen LogP contribution in [0, 0.1) is 10.1 Å². The first-order chi connectivity index (χ1) is 11.5. The smallest absolute Gasteiger partial charge is 0.273 e. The molecule has 0 unspecified atom stereocenters. The summed E-state index contributed by atoms with van der Waals surface area (Å²) in [5.41, 5.74) is 0.445. The second-order valence-corrected chi connectivity index (χ2v) is 4.93. The molecule has 0 saturated carbocycles. The number of ether oxygens (including phenoxy) is 2. The highest BCUT2D eigenvalue weighted by molar-refractivity contribution is 5.95. The first kappa shape index (κ1) is 17.3. The van der Waals surface area contributed by atoms with Gasteiger partial charge in [-0.25, -0.2) is 0 Å². The number of benzene rings is 2. The molecule has 2 aromatic carbocycles. The number of nitrogens with zero attached hydrogens (tertiary/aromatic N) is 1. The molecule has 0 fully saturated rings. The van der Waals surface area contributed by atoms with Crippen molar-refractivity contribution >= 4 is 17.3 Å². The van der Waals surface area contributed by atoms with Crippen molar-refractivity contribution in [2.75, 3.05) is 11.9 Å². The van der Waals surface area contributed by atoms with Gasteiger partial charge in [-0.15, -0.1) is 0 Å². The van der Waals surface area contributed by atoms with E-state index in [1.165, 1.54) is 18.2 Å². The Kier molecular flexibility index (Phi) is 5.73. The number of nitrogens with one attached hydrogen (secondary N) is 1. The molecule has 0 aromatic heterocycles. The third kappa shape index (κ3) is 4.45. The van der Waals surface area contributed by atoms with Crippen LogP contribution in [0.2, 0.25) is 0 Å². The molecule has 0 heterocycles. The number of carbonyl (C=O) groups is 1. The lowest BCUT2D eigenvalue weighted by Gasteiger charge is -2.16. The van der Waals surface area contributed by atoms with Crippen molar-refractivity contribution < 1.29 is 19.2 Å². The van der Waals surface area contributed by atoms with Crippen LogP contribution in [0.3, 0.4) is 0 Å². The van der Waals surface area contributed by atoms with Crippen LogP contribution in [0.15, 0.2) is 48.5 Å². The Morgan fingerprint density at radius 1 is 1.25 bits per heavy atom. The number of amides is 1. The Hall–Kier alpha value is -3.09. The van der Waals surface area contributed by atoms with Gasteiger partial charge in [0.2, 0.25) is 0 Å². The standard InChI is InChI=1S/C17H18N2O5/c1-3-23-16-10-5-4-9-15(16)18-17(20)12(2)24-14-8-6-7-13(11-14)19(21)22/h4-12H,3H2,1-2H3,(H,18,20)/t12-/m1/s1. The van der Waals surface area contributed by atoms with Gasteiger partial charge in [0, 0.05) is 6.07 Å². The number of anilines is 1. The predicted molar refractivity (Wildman–Crippen MR) is 89.4 cm³/mol. The fourth-order valence-electron chi connectivity index (χ4n) is 2.01. The van der Waals surface area contributed by atoms with E-state index in [9.17, 15) is 14.9 Å². The fourth-order valence-corrected chi connectivity index (χ4v) is 2.01. The average molecular weight is 330 g/mol. The van der Waals surface area contributed by atoms with Crippen LogP contribution >= 0.6 is 0 Å². The van der Waals surface area contributed by atoms with Crippen molar-refractivity contribution in [3.8, 4) is 11.5 Å². The van der Waals surface area contributed by atoms with Crippen molar-refractivity contribution in [3.63, 3.8) is 0 Å². The van der Waals surface area contributed by atoms with Gasteiger partial charge in [0.15, 0.2) is 6.10 Å². The van der Waals surface area contributed by atoms with Crippen LogP contribution in [0.5, 0.6) is 11.5 Å². The zero-order valence-electron chi connectivity index (χ0n) is 13.4. The van der Waals surface area contributed by atoms with Crippen molar-refractivity contribution in [1.82, 2.24) is 0 Å². The molecular formula is C17H18N2O5. The Balaban J connectivity index is 2.05. The maximum atomic E-state index is 12.3. The monoisotopic (exact) mass is 330 g/mol. The van der Waals surface area contributed by atoms with E-state index >= 15 is 0 Å². The molecule has 2 rings (SSSR count). The summed E-state index contributed by atoms with van der Waals surface area (Å²) in [6.07, 6.45) is -0.832. The highest BCUT2D eigenvalue weighted by Gasteiger charge is 2.17. The number of nitro groups is 1. The van der Waals surface area contributed by atoms with Crippen molar-refractivity contribution in [2.24, 2.45) is 0 Å². The molecule has 7 heteroatoms. The lowest BCUT2D eigenvalue weighted by molar-refractivity contribution is -0.384. The molecule has 1 N–H and O–H groups in total. The number of carbonyl (C=O) groups excluding carboxylic acids is 1. The maximum Gasteiger partial charge on any atom is 0.273 e. The topological polar surface area (TPSA) is 90.7 Å². The summed E-state index contributed by atoms with van der Waals surface area (Å²) < 4.78 is 10.9. The molecule has 24 heavy (non-hydrogen) atoms. The van der Waals surface area contributed by atoms with Gasteiger partial charge < -0.3 is 14.8 Å². The predicted octanol–water partition coefficient (Wildman–Crippen LogP) is 3.40. The summed E-state index contributed by atoms with van der Waals surface area (Å²) in [7, 11) is 0. The SMILES string of the molecule is CCOc1ccccc1NC(=O)[C@@H](C)Oc1cccc([N+](=O)[O-])c1. The lowest BCUT2D eigenvalue weighted by atomic mass is 10.2. The van der Waals surface area contributed by atoms with Crippen LogP contribution in [-0.2, 0) is 4.79 Å². The second-order valence-electron chi connectivity index (χ2n) is 4.93. The van der Waals surface area contributed by atoms with Gasteiger partial charge in [-0.3, -0.25) is 14.9 Å². The summed E-state index contributed by atoms with van der Waals surface area (Å²) in [6.45, 7) is 3.90. The third-order valence-corrected chi connectivity index (χ3v) is 3.16. The van der Waals surface area contributed by atoms with Gasteiger partial charge in [0.1, 0.15) is 11.5 Å². The molecule has 0 aliphatic heterocycles. The fraction of sp³-hybridized carbons (Fsp3) is 0.235. The molecule has 0 saturated heterocycles. The van der Waals surface area contributed by atoms with Gasteiger partial charge in [-0.1, -0.05) is 18.2 Å². The van der Waals surface area contributed by atoms with Crippen LogP contribution in [0.25, 0.3) is 0 Å². The van der Waals surface area contributed by atoms with Crippen molar-refractivity contribution in [3.05, 3.63) is 58.6 Å². The van der Waals surface area contributed by atoms with Gasteiger partial charge in [-0.05, 0) is 32.0 Å². The first-order valence-corrected chi connectivity index (χ1v) is 7.45. The summed E-state index contributed by atoms with van der Waals surface area (Å²) in [4.78, 5) is 22.5. The van der Waals surface area contributed by atoms with Gasteiger partial charge in [0.25, 0.3) is 11.6 Å². The molecule has 2 aromatic rings. The van der Waals surface area contributed by atoms with Crippen molar-refractivity contribution in [2.45, 2.75) is 20.0 Å². The minimum absolute atomic E-state index is 0.0956. The molecule has 7 nitrogen and oxygen atoms in total. The largest absolute Gasteiger partial charge is 0.492 e. The Morgan fingerprint density at radius 2 is 2.00 bits per heavy atom. The lowest BCUT2D eigenvalue weighted by Crippen LogP contribution is -2.30. The van der Waals surface area contributed by atoms with Crippen LogP contribution < -0.4 is 14.8 Å². The van der Waals surface area contributed by atoms with E-state index in [0.29, 0.717) is 18.0 Å². The Labute approximate surface area is 139 Å². The third-order valence-electron chi connectivity index (χ3n) is 3.16. The number of nitro benzene ring substituents is 1. The highest BCUT2D eigenvalue weighted by Crippen LogP contribution is 2.24. The van der Waals surface area contributed by atoms with E-state index in [1.807, 2.05) is 13.0 Å². The van der Waals surface area contributed by atoms with E-state index < -0.39 is 11.0 Å². The molecule has 126 valence electrons. The minimum Gasteiger partial charge on any atom is -0.492 e. The minimum atomic E-state index is -0.832. The van der Waals surface area contributed by atoms with E-state index in [-0.39, 0.29) is 17.3 Å². The Bertz CT molecular complexity index is 732. The summed E-state index contributed by atoms with van der Waals surface area (Å²) >= 11 is 0. The zero-order valence-corrected chi connectivity index (χ0v) is 13.4. The molecule has 1 atom stereocenters. The molecule has 0 spiro atoms. The van der Waals surface area contributed by atoms with Gasteiger partial charge in [-0.2, -0.15) is 0 Å². The van der Waals surface area contributed by atoms with Crippen LogP contribution in [0.4, 0.5) is 11.4 Å². The molecule has 0 bridgehead atoms. The summed E-state index contributed by atoms with van der Waals surface area (Å²) in [6, 6.07) is 12.8. The Morgan fingerprint density at radius 3 is 2.71 bits per heavy atom. The summed E-state index contributed by atoms with van der Waals surface area (Å²) in [5.74, 6) is 0.439. The highest BCUT2D eigenvalue weighted by atomic mass is 16.6. The normalized spacial score (nSPS) is 11.4.